The minimum absolute atomic E-state index is 0.0427. The Morgan fingerprint density at radius 3 is 2.49 bits per heavy atom. The van der Waals surface area contributed by atoms with Crippen LogP contribution in [0.15, 0.2) is 59.6 Å². The maximum atomic E-state index is 13.8. The SMILES string of the molecule is COC[C@H](C)Nc1nc(Oc2cccc3c2N=C(N)C(O)N3)cc(-c2ccc(C(F)(F)F)nc2NCc2ccc(OC)c(OC)c2)n1. The van der Waals surface area contributed by atoms with Crippen LogP contribution in [-0.4, -0.2) is 66.1 Å². The van der Waals surface area contributed by atoms with Crippen molar-refractivity contribution in [3.05, 3.63) is 65.9 Å². The first-order valence-corrected chi connectivity index (χ1v) is 14.3. The van der Waals surface area contributed by atoms with Crippen molar-refractivity contribution in [2.75, 3.05) is 43.9 Å². The molecule has 2 aromatic heterocycles. The maximum Gasteiger partial charge on any atom is 0.433 e. The first-order valence-electron chi connectivity index (χ1n) is 14.3. The fourth-order valence-electron chi connectivity index (χ4n) is 4.69. The monoisotopic (exact) mass is 654 g/mol. The minimum atomic E-state index is -4.70. The molecule has 3 heterocycles. The molecule has 0 fully saturated rings. The fraction of sp³-hybridized carbons (Fsp3) is 0.290. The summed E-state index contributed by atoms with van der Waals surface area (Å²) in [7, 11) is 4.54. The lowest BCUT2D eigenvalue weighted by molar-refractivity contribution is -0.141. The number of aliphatic hydroxyl groups is 1. The number of methoxy groups -OCH3 is 3. The van der Waals surface area contributed by atoms with Gasteiger partial charge in [0.25, 0.3) is 0 Å². The van der Waals surface area contributed by atoms with E-state index in [1.807, 2.05) is 6.92 Å². The zero-order chi connectivity index (χ0) is 33.7. The molecule has 6 N–H and O–H groups in total. The van der Waals surface area contributed by atoms with Gasteiger partial charge in [-0.05, 0) is 48.9 Å². The Labute approximate surface area is 268 Å². The van der Waals surface area contributed by atoms with Crippen LogP contribution in [0.25, 0.3) is 11.3 Å². The van der Waals surface area contributed by atoms with E-state index in [1.165, 1.54) is 26.4 Å². The van der Waals surface area contributed by atoms with E-state index in [4.69, 9.17) is 24.7 Å². The first kappa shape index (κ1) is 33.0. The van der Waals surface area contributed by atoms with Crippen molar-refractivity contribution in [3.63, 3.8) is 0 Å². The number of fused-ring (bicyclic) bond motifs is 1. The number of amidine groups is 1. The number of alkyl halides is 3. The molecule has 0 aliphatic carbocycles. The van der Waals surface area contributed by atoms with E-state index in [0.29, 0.717) is 35.0 Å². The number of pyridine rings is 1. The van der Waals surface area contributed by atoms with Gasteiger partial charge in [-0.3, -0.25) is 0 Å². The van der Waals surface area contributed by atoms with Crippen molar-refractivity contribution in [3.8, 4) is 34.4 Å². The summed E-state index contributed by atoms with van der Waals surface area (Å²) in [5, 5.41) is 19.0. The number of halogens is 3. The van der Waals surface area contributed by atoms with E-state index in [-0.39, 0.29) is 53.1 Å². The topological polar surface area (TPSA) is 170 Å². The number of nitrogens with zero attached hydrogens (tertiary/aromatic N) is 4. The second kappa shape index (κ2) is 14.0. The third-order valence-electron chi connectivity index (χ3n) is 6.89. The van der Waals surface area contributed by atoms with Crippen LogP contribution in [0.4, 0.5) is 36.3 Å². The summed E-state index contributed by atoms with van der Waals surface area (Å²) >= 11 is 0. The Morgan fingerprint density at radius 1 is 0.979 bits per heavy atom. The predicted octanol–water partition coefficient (Wildman–Crippen LogP) is 5.16. The highest BCUT2D eigenvalue weighted by atomic mass is 19.4. The Balaban J connectivity index is 1.57. The molecule has 2 atom stereocenters. The van der Waals surface area contributed by atoms with Crippen LogP contribution in [0.1, 0.15) is 18.2 Å². The van der Waals surface area contributed by atoms with Gasteiger partial charge < -0.3 is 45.7 Å². The van der Waals surface area contributed by atoms with Gasteiger partial charge in [0.1, 0.15) is 23.0 Å². The molecule has 16 heteroatoms. The molecule has 1 aliphatic rings. The van der Waals surface area contributed by atoms with Crippen LogP contribution in [-0.2, 0) is 17.5 Å². The zero-order valence-electron chi connectivity index (χ0n) is 25.8. The Morgan fingerprint density at radius 2 is 1.77 bits per heavy atom. The molecular weight excluding hydrogens is 621 g/mol. The molecule has 47 heavy (non-hydrogen) atoms. The van der Waals surface area contributed by atoms with Gasteiger partial charge in [-0.15, -0.1) is 0 Å². The van der Waals surface area contributed by atoms with Crippen LogP contribution in [0, 0.1) is 0 Å². The molecule has 4 aromatic rings. The van der Waals surface area contributed by atoms with E-state index in [0.717, 1.165) is 6.07 Å². The van der Waals surface area contributed by atoms with Crippen LogP contribution < -0.4 is 35.9 Å². The molecular formula is C31H33F3N8O5. The fourth-order valence-corrected chi connectivity index (χ4v) is 4.69. The smallest absolute Gasteiger partial charge is 0.433 e. The van der Waals surface area contributed by atoms with E-state index in [9.17, 15) is 18.3 Å². The molecule has 13 nitrogen and oxygen atoms in total. The molecule has 0 radical (unpaired) electrons. The second-order valence-corrected chi connectivity index (χ2v) is 10.4. The predicted molar refractivity (Wildman–Crippen MR) is 170 cm³/mol. The summed E-state index contributed by atoms with van der Waals surface area (Å²) < 4.78 is 63.4. The van der Waals surface area contributed by atoms with Crippen molar-refractivity contribution in [1.82, 2.24) is 15.0 Å². The molecule has 0 amide bonds. The Bertz CT molecular complexity index is 1770. The molecule has 0 spiro atoms. The highest BCUT2D eigenvalue weighted by Gasteiger charge is 2.33. The summed E-state index contributed by atoms with van der Waals surface area (Å²) in [6.45, 7) is 2.26. The zero-order valence-corrected chi connectivity index (χ0v) is 25.8. The van der Waals surface area contributed by atoms with Gasteiger partial charge in [0.2, 0.25) is 11.8 Å². The number of hydrogen-bond donors (Lipinski definition) is 5. The number of rotatable bonds is 12. The van der Waals surface area contributed by atoms with Crippen LogP contribution in [0.2, 0.25) is 0 Å². The van der Waals surface area contributed by atoms with Gasteiger partial charge in [0.05, 0.1) is 32.2 Å². The molecule has 0 bridgehead atoms. The molecule has 2 aromatic carbocycles. The summed E-state index contributed by atoms with van der Waals surface area (Å²) in [6, 6.07) is 13.5. The third kappa shape index (κ3) is 7.73. The number of nitrogens with one attached hydrogen (secondary N) is 3. The number of aromatic nitrogens is 3. The minimum Gasteiger partial charge on any atom is -0.493 e. The van der Waals surface area contributed by atoms with E-state index in [1.54, 1.807) is 43.5 Å². The van der Waals surface area contributed by atoms with Gasteiger partial charge in [0, 0.05) is 31.3 Å². The Kier molecular flexibility index (Phi) is 9.81. The number of aliphatic hydroxyl groups excluding tert-OH is 1. The number of aliphatic imine (C=N–C) groups is 1. The molecule has 248 valence electrons. The van der Waals surface area contributed by atoms with Gasteiger partial charge in [-0.25, -0.2) is 15.0 Å². The standard InChI is InChI=1S/C31H33F3N8O5/c1-16(15-44-2)37-30-39-20(13-25(41-30)47-22-7-5-6-19-26(22)42-27(35)29(43)38-19)18-9-11-24(31(32,33)34)40-28(18)36-14-17-8-10-21(45-3)23(12-17)46-4/h5-13,16,29,38,43H,14-15H2,1-4H3,(H2,35,42)(H,36,40)(H,37,39,41)/t16-,29?/m0/s1. The van der Waals surface area contributed by atoms with Gasteiger partial charge in [-0.1, -0.05) is 12.1 Å². The van der Waals surface area contributed by atoms with Gasteiger partial charge >= 0.3 is 6.18 Å². The van der Waals surface area contributed by atoms with E-state index >= 15 is 0 Å². The number of benzene rings is 2. The summed E-state index contributed by atoms with van der Waals surface area (Å²) in [5.41, 5.74) is 6.71. The van der Waals surface area contributed by atoms with Crippen molar-refractivity contribution in [2.45, 2.75) is 31.9 Å². The average Bonchev–Trinajstić information content (AvgIpc) is 3.04. The van der Waals surface area contributed by atoms with Crippen molar-refractivity contribution >= 4 is 29.0 Å². The molecule has 1 unspecified atom stereocenters. The van der Waals surface area contributed by atoms with E-state index < -0.39 is 18.1 Å². The third-order valence-corrected chi connectivity index (χ3v) is 6.89. The lowest BCUT2D eigenvalue weighted by Crippen LogP contribution is -2.37. The number of nitrogens with two attached hydrogens (primary N) is 1. The second-order valence-electron chi connectivity index (χ2n) is 10.4. The molecule has 0 saturated carbocycles. The van der Waals surface area contributed by atoms with Crippen LogP contribution in [0.3, 0.4) is 0 Å². The maximum absolute atomic E-state index is 13.8. The molecule has 5 rings (SSSR count). The normalized spacial score (nSPS) is 14.7. The summed E-state index contributed by atoms with van der Waals surface area (Å²) in [4.78, 5) is 17.2. The summed E-state index contributed by atoms with van der Waals surface area (Å²) in [6.07, 6.45) is -5.87. The van der Waals surface area contributed by atoms with Crippen molar-refractivity contribution in [1.29, 1.82) is 0 Å². The first-order chi connectivity index (χ1) is 22.5. The Hall–Kier alpha value is -5.35. The largest absolute Gasteiger partial charge is 0.493 e. The lowest BCUT2D eigenvalue weighted by atomic mass is 10.1. The molecule has 0 saturated heterocycles. The van der Waals surface area contributed by atoms with Crippen molar-refractivity contribution in [2.24, 2.45) is 10.7 Å². The van der Waals surface area contributed by atoms with Gasteiger partial charge in [0.15, 0.2) is 23.5 Å². The highest BCUT2D eigenvalue weighted by molar-refractivity contribution is 5.95. The lowest BCUT2D eigenvalue weighted by Gasteiger charge is -2.22. The number of ether oxygens (including phenoxy) is 4. The van der Waals surface area contributed by atoms with E-state index in [2.05, 4.69) is 35.9 Å². The van der Waals surface area contributed by atoms with Crippen LogP contribution >= 0.6 is 0 Å². The summed E-state index contributed by atoms with van der Waals surface area (Å²) in [5.74, 6) is 1.24. The highest BCUT2D eigenvalue weighted by Crippen LogP contribution is 2.41. The number of para-hydroxylation sites is 1. The number of hydrogen-bond acceptors (Lipinski definition) is 13. The quantitative estimate of drug-likeness (QED) is 0.136. The van der Waals surface area contributed by atoms with Gasteiger partial charge in [-0.2, -0.15) is 18.2 Å². The molecule has 1 aliphatic heterocycles. The average molecular weight is 655 g/mol. The van der Waals surface area contributed by atoms with Crippen molar-refractivity contribution < 1.29 is 37.2 Å². The number of anilines is 3. The van der Waals surface area contributed by atoms with Crippen LogP contribution in [0.5, 0.6) is 23.1 Å².